The van der Waals surface area contributed by atoms with E-state index >= 15 is 0 Å². The van der Waals surface area contributed by atoms with E-state index < -0.39 is 5.60 Å². The molecule has 0 spiro atoms. The monoisotopic (exact) mass is 224 g/mol. The van der Waals surface area contributed by atoms with Crippen LogP contribution in [0.2, 0.25) is 0 Å². The van der Waals surface area contributed by atoms with Crippen LogP contribution >= 0.6 is 0 Å². The van der Waals surface area contributed by atoms with Gasteiger partial charge in [-0.3, -0.25) is 0 Å². The molecule has 0 bridgehead atoms. The SMILES string of the molecule is CCC(O)(CC)CNc1cccc(NN)n1. The van der Waals surface area contributed by atoms with E-state index in [4.69, 9.17) is 5.84 Å². The summed E-state index contributed by atoms with van der Waals surface area (Å²) >= 11 is 0. The van der Waals surface area contributed by atoms with Gasteiger partial charge in [0, 0.05) is 6.54 Å². The number of nitrogen functional groups attached to an aromatic ring is 1. The Labute approximate surface area is 96.0 Å². The summed E-state index contributed by atoms with van der Waals surface area (Å²) in [6.45, 7) is 4.42. The Morgan fingerprint density at radius 2 is 1.94 bits per heavy atom. The fourth-order valence-corrected chi connectivity index (χ4v) is 1.37. The Morgan fingerprint density at radius 3 is 2.50 bits per heavy atom. The van der Waals surface area contributed by atoms with Gasteiger partial charge in [0.1, 0.15) is 11.6 Å². The Bertz CT molecular complexity index is 326. The first-order valence-corrected chi connectivity index (χ1v) is 5.53. The smallest absolute Gasteiger partial charge is 0.142 e. The van der Waals surface area contributed by atoms with Crippen molar-refractivity contribution in [2.24, 2.45) is 5.84 Å². The Balaban J connectivity index is 2.60. The molecule has 0 aliphatic carbocycles. The summed E-state index contributed by atoms with van der Waals surface area (Å²) in [5.74, 6) is 6.57. The van der Waals surface area contributed by atoms with Gasteiger partial charge >= 0.3 is 0 Å². The van der Waals surface area contributed by atoms with Gasteiger partial charge in [-0.05, 0) is 25.0 Å². The molecular weight excluding hydrogens is 204 g/mol. The molecule has 0 saturated carbocycles. The van der Waals surface area contributed by atoms with Crippen molar-refractivity contribution in [3.63, 3.8) is 0 Å². The van der Waals surface area contributed by atoms with E-state index in [0.29, 0.717) is 31.0 Å². The minimum Gasteiger partial charge on any atom is -0.388 e. The molecule has 0 amide bonds. The Kier molecular flexibility index (Phi) is 4.52. The first-order chi connectivity index (χ1) is 7.63. The van der Waals surface area contributed by atoms with Crippen molar-refractivity contribution in [3.8, 4) is 0 Å². The summed E-state index contributed by atoms with van der Waals surface area (Å²) < 4.78 is 0. The number of aliphatic hydroxyl groups is 1. The van der Waals surface area contributed by atoms with Gasteiger partial charge in [0.15, 0.2) is 0 Å². The summed E-state index contributed by atoms with van der Waals surface area (Å²) in [7, 11) is 0. The summed E-state index contributed by atoms with van der Waals surface area (Å²) in [5.41, 5.74) is 1.81. The zero-order chi connectivity index (χ0) is 12.0. The van der Waals surface area contributed by atoms with E-state index in [0.717, 1.165) is 0 Å². The fourth-order valence-electron chi connectivity index (χ4n) is 1.37. The molecule has 0 aliphatic heterocycles. The molecule has 0 atom stereocenters. The van der Waals surface area contributed by atoms with Gasteiger partial charge in [-0.2, -0.15) is 0 Å². The van der Waals surface area contributed by atoms with E-state index in [2.05, 4.69) is 15.7 Å². The third-order valence-corrected chi connectivity index (χ3v) is 2.81. The number of nitrogens with one attached hydrogen (secondary N) is 2. The number of rotatable bonds is 6. The van der Waals surface area contributed by atoms with Crippen molar-refractivity contribution >= 4 is 11.6 Å². The van der Waals surface area contributed by atoms with Crippen molar-refractivity contribution in [1.29, 1.82) is 0 Å². The van der Waals surface area contributed by atoms with Gasteiger partial charge in [0.2, 0.25) is 0 Å². The summed E-state index contributed by atoms with van der Waals surface area (Å²) in [5, 5.41) is 13.2. The predicted octanol–water partition coefficient (Wildman–Crippen LogP) is 1.33. The van der Waals surface area contributed by atoms with Crippen LogP contribution in [0.5, 0.6) is 0 Å². The number of nitrogens with two attached hydrogens (primary N) is 1. The molecule has 5 N–H and O–H groups in total. The van der Waals surface area contributed by atoms with E-state index in [1.54, 1.807) is 6.07 Å². The molecule has 1 heterocycles. The van der Waals surface area contributed by atoms with Gasteiger partial charge in [0.25, 0.3) is 0 Å². The summed E-state index contributed by atoms with van der Waals surface area (Å²) in [6, 6.07) is 5.46. The minimum atomic E-state index is -0.673. The topological polar surface area (TPSA) is 83.2 Å². The highest BCUT2D eigenvalue weighted by atomic mass is 16.3. The number of aromatic nitrogens is 1. The van der Waals surface area contributed by atoms with Gasteiger partial charge < -0.3 is 15.8 Å². The zero-order valence-corrected chi connectivity index (χ0v) is 9.83. The highest BCUT2D eigenvalue weighted by molar-refractivity contribution is 5.44. The van der Waals surface area contributed by atoms with Crippen LogP contribution in [0.1, 0.15) is 26.7 Å². The normalized spacial score (nSPS) is 11.2. The average Bonchev–Trinajstić information content (AvgIpc) is 2.36. The fraction of sp³-hybridized carbons (Fsp3) is 0.545. The molecule has 0 saturated heterocycles. The van der Waals surface area contributed by atoms with Gasteiger partial charge in [-0.15, -0.1) is 0 Å². The highest BCUT2D eigenvalue weighted by Gasteiger charge is 2.21. The van der Waals surface area contributed by atoms with Crippen LogP contribution in [-0.2, 0) is 0 Å². The maximum atomic E-state index is 10.1. The molecule has 0 aliphatic rings. The predicted molar refractivity (Wildman–Crippen MR) is 66.1 cm³/mol. The summed E-state index contributed by atoms with van der Waals surface area (Å²) in [4.78, 5) is 4.20. The van der Waals surface area contributed by atoms with Gasteiger partial charge in [-0.25, -0.2) is 10.8 Å². The molecule has 0 fully saturated rings. The second-order valence-corrected chi connectivity index (χ2v) is 3.84. The van der Waals surface area contributed by atoms with E-state index in [9.17, 15) is 5.11 Å². The first kappa shape index (κ1) is 12.7. The van der Waals surface area contributed by atoms with E-state index in [1.807, 2.05) is 26.0 Å². The van der Waals surface area contributed by atoms with Crippen molar-refractivity contribution in [2.45, 2.75) is 32.3 Å². The van der Waals surface area contributed by atoms with Crippen LogP contribution in [0.4, 0.5) is 11.6 Å². The van der Waals surface area contributed by atoms with Gasteiger partial charge in [-0.1, -0.05) is 19.9 Å². The minimum absolute atomic E-state index is 0.487. The number of hydrogen-bond acceptors (Lipinski definition) is 5. The molecule has 0 radical (unpaired) electrons. The van der Waals surface area contributed by atoms with Crippen molar-refractivity contribution in [2.75, 3.05) is 17.3 Å². The van der Waals surface area contributed by atoms with E-state index in [-0.39, 0.29) is 0 Å². The molecule has 1 rings (SSSR count). The average molecular weight is 224 g/mol. The lowest BCUT2D eigenvalue weighted by Gasteiger charge is -2.25. The lowest BCUT2D eigenvalue weighted by Crippen LogP contribution is -2.35. The van der Waals surface area contributed by atoms with Crippen LogP contribution in [0.25, 0.3) is 0 Å². The molecule has 1 aromatic heterocycles. The van der Waals surface area contributed by atoms with Crippen molar-refractivity contribution in [1.82, 2.24) is 4.98 Å². The largest absolute Gasteiger partial charge is 0.388 e. The molecule has 0 aromatic carbocycles. The number of hydrogen-bond donors (Lipinski definition) is 4. The highest BCUT2D eigenvalue weighted by Crippen LogP contribution is 2.16. The Hall–Kier alpha value is -1.33. The first-order valence-electron chi connectivity index (χ1n) is 5.53. The number of nitrogens with zero attached hydrogens (tertiary/aromatic N) is 1. The third kappa shape index (κ3) is 3.36. The van der Waals surface area contributed by atoms with Crippen LogP contribution in [0.15, 0.2) is 18.2 Å². The molecule has 1 aromatic rings. The maximum absolute atomic E-state index is 10.1. The quantitative estimate of drug-likeness (QED) is 0.433. The third-order valence-electron chi connectivity index (χ3n) is 2.81. The number of anilines is 2. The van der Waals surface area contributed by atoms with Gasteiger partial charge in [0.05, 0.1) is 5.60 Å². The van der Waals surface area contributed by atoms with E-state index in [1.165, 1.54) is 0 Å². The molecule has 90 valence electrons. The molecule has 0 unspecified atom stereocenters. The maximum Gasteiger partial charge on any atom is 0.142 e. The Morgan fingerprint density at radius 1 is 1.31 bits per heavy atom. The van der Waals surface area contributed by atoms with Crippen molar-refractivity contribution in [3.05, 3.63) is 18.2 Å². The van der Waals surface area contributed by atoms with Crippen LogP contribution in [-0.4, -0.2) is 22.2 Å². The molecule has 5 nitrogen and oxygen atoms in total. The second-order valence-electron chi connectivity index (χ2n) is 3.84. The van der Waals surface area contributed by atoms with Crippen molar-refractivity contribution < 1.29 is 5.11 Å². The molecular formula is C11H20N4O. The number of pyridine rings is 1. The van der Waals surface area contributed by atoms with Crippen LogP contribution in [0, 0.1) is 0 Å². The molecule has 16 heavy (non-hydrogen) atoms. The lowest BCUT2D eigenvalue weighted by molar-refractivity contribution is 0.0456. The second kappa shape index (κ2) is 5.67. The lowest BCUT2D eigenvalue weighted by atomic mass is 9.98. The summed E-state index contributed by atoms with van der Waals surface area (Å²) in [6.07, 6.45) is 1.43. The zero-order valence-electron chi connectivity index (χ0n) is 9.83. The number of hydrazine groups is 1. The molecule has 5 heteroatoms. The van der Waals surface area contributed by atoms with Crippen LogP contribution < -0.4 is 16.6 Å². The van der Waals surface area contributed by atoms with Crippen LogP contribution in [0.3, 0.4) is 0 Å². The standard InChI is InChI=1S/C11H20N4O/c1-3-11(16,4-2)8-13-9-6-5-7-10(14-9)15-12/h5-7,16H,3-4,8,12H2,1-2H3,(H2,13,14,15).